The summed E-state index contributed by atoms with van der Waals surface area (Å²) in [6.45, 7) is 3.56. The third-order valence-corrected chi connectivity index (χ3v) is 5.85. The number of hydrogen-bond acceptors (Lipinski definition) is 7. The highest BCUT2D eigenvalue weighted by atomic mass is 32.2. The molecule has 8 nitrogen and oxygen atoms in total. The molecule has 1 saturated heterocycles. The van der Waals surface area contributed by atoms with Crippen molar-refractivity contribution in [2.24, 2.45) is 0 Å². The fraction of sp³-hybridized carbons (Fsp3) is 0.444. The molecule has 0 amide bonds. The second kappa shape index (κ2) is 9.26. The van der Waals surface area contributed by atoms with Gasteiger partial charge in [-0.1, -0.05) is 30.3 Å². The molecule has 152 valence electrons. The number of nitrogens with one attached hydrogen (secondary N) is 2. The minimum Gasteiger partial charge on any atom is -0.366 e. The maximum absolute atomic E-state index is 14.0. The Morgan fingerprint density at radius 3 is 2.57 bits per heavy atom. The number of sulfonamides is 1. The van der Waals surface area contributed by atoms with Crippen LogP contribution in [0.3, 0.4) is 0 Å². The van der Waals surface area contributed by atoms with Crippen molar-refractivity contribution in [2.75, 3.05) is 55.7 Å². The second-order valence-electron chi connectivity index (χ2n) is 6.71. The Morgan fingerprint density at radius 2 is 1.86 bits per heavy atom. The van der Waals surface area contributed by atoms with E-state index in [-0.39, 0.29) is 24.7 Å². The van der Waals surface area contributed by atoms with Crippen LogP contribution in [0.5, 0.6) is 0 Å². The summed E-state index contributed by atoms with van der Waals surface area (Å²) < 4.78 is 40.8. The molecule has 28 heavy (non-hydrogen) atoms. The van der Waals surface area contributed by atoms with Crippen LogP contribution >= 0.6 is 0 Å². The lowest BCUT2D eigenvalue weighted by Crippen LogP contribution is -2.45. The highest BCUT2D eigenvalue weighted by Gasteiger charge is 2.18. The molecule has 1 fully saturated rings. The number of anilines is 2. The summed E-state index contributed by atoms with van der Waals surface area (Å²) in [5, 5.41) is 2.77. The summed E-state index contributed by atoms with van der Waals surface area (Å²) in [4.78, 5) is 12.5. The maximum Gasteiger partial charge on any atom is 0.227 e. The van der Waals surface area contributed by atoms with Crippen LogP contribution in [-0.4, -0.2) is 68.8 Å². The highest BCUT2D eigenvalue weighted by Crippen LogP contribution is 2.16. The normalized spacial score (nSPS) is 15.6. The predicted octanol–water partition coefficient (Wildman–Crippen LogP) is 0.899. The Labute approximate surface area is 164 Å². The first-order valence-electron chi connectivity index (χ1n) is 9.14. The van der Waals surface area contributed by atoms with Gasteiger partial charge in [0.05, 0.1) is 11.9 Å². The zero-order chi connectivity index (χ0) is 20.0. The summed E-state index contributed by atoms with van der Waals surface area (Å²) in [7, 11) is -1.45. The Balaban J connectivity index is 1.53. The SMILES string of the molecule is CN1CCN(c2ncc(F)c(NCCS(=O)(=O)NCc3ccccc3)n2)CC1. The van der Waals surface area contributed by atoms with Crippen molar-refractivity contribution in [2.45, 2.75) is 6.54 Å². The lowest BCUT2D eigenvalue weighted by Gasteiger charge is -2.32. The summed E-state index contributed by atoms with van der Waals surface area (Å²) in [6, 6.07) is 9.25. The summed E-state index contributed by atoms with van der Waals surface area (Å²) in [5.41, 5.74) is 0.873. The van der Waals surface area contributed by atoms with Gasteiger partial charge in [0.25, 0.3) is 0 Å². The number of likely N-dealkylation sites (N-methyl/N-ethyl adjacent to an activating group) is 1. The first-order valence-corrected chi connectivity index (χ1v) is 10.8. The average Bonchev–Trinajstić information content (AvgIpc) is 2.69. The Hall–Kier alpha value is -2.30. The minimum atomic E-state index is -3.49. The molecule has 2 heterocycles. The van der Waals surface area contributed by atoms with Crippen LogP contribution < -0.4 is 14.9 Å². The van der Waals surface area contributed by atoms with E-state index >= 15 is 0 Å². The number of benzene rings is 1. The van der Waals surface area contributed by atoms with Gasteiger partial charge in [0.15, 0.2) is 11.6 Å². The lowest BCUT2D eigenvalue weighted by molar-refractivity contribution is 0.311. The van der Waals surface area contributed by atoms with Crippen molar-refractivity contribution in [3.8, 4) is 0 Å². The molecule has 1 aliphatic heterocycles. The van der Waals surface area contributed by atoms with Crippen molar-refractivity contribution in [1.82, 2.24) is 19.6 Å². The molecule has 0 saturated carbocycles. The van der Waals surface area contributed by atoms with Gasteiger partial charge in [-0.2, -0.15) is 4.98 Å². The highest BCUT2D eigenvalue weighted by molar-refractivity contribution is 7.89. The van der Waals surface area contributed by atoms with Gasteiger partial charge in [-0.25, -0.2) is 22.5 Å². The quantitative estimate of drug-likeness (QED) is 0.671. The lowest BCUT2D eigenvalue weighted by atomic mass is 10.2. The molecule has 10 heteroatoms. The van der Waals surface area contributed by atoms with E-state index < -0.39 is 15.8 Å². The van der Waals surface area contributed by atoms with Crippen LogP contribution in [0.4, 0.5) is 16.2 Å². The molecule has 0 atom stereocenters. The second-order valence-corrected chi connectivity index (χ2v) is 8.64. The van der Waals surface area contributed by atoms with Crippen molar-refractivity contribution < 1.29 is 12.8 Å². The maximum atomic E-state index is 14.0. The smallest absolute Gasteiger partial charge is 0.227 e. The Morgan fingerprint density at radius 1 is 1.14 bits per heavy atom. The number of halogens is 1. The van der Waals surface area contributed by atoms with E-state index in [0.717, 1.165) is 37.9 Å². The van der Waals surface area contributed by atoms with Crippen molar-refractivity contribution in [3.05, 3.63) is 47.9 Å². The van der Waals surface area contributed by atoms with Crippen LogP contribution in [0, 0.1) is 5.82 Å². The topological polar surface area (TPSA) is 90.5 Å². The minimum absolute atomic E-state index is 0.0159. The van der Waals surface area contributed by atoms with Gasteiger partial charge in [0, 0.05) is 39.3 Å². The average molecular weight is 409 g/mol. The fourth-order valence-electron chi connectivity index (χ4n) is 2.81. The fourth-order valence-corrected chi connectivity index (χ4v) is 3.71. The molecule has 0 aliphatic carbocycles. The number of rotatable bonds is 8. The zero-order valence-corrected chi connectivity index (χ0v) is 16.6. The molecular formula is C18H25FN6O2S. The third-order valence-electron chi connectivity index (χ3n) is 4.52. The van der Waals surface area contributed by atoms with Crippen LogP contribution in [0.25, 0.3) is 0 Å². The summed E-state index contributed by atoms with van der Waals surface area (Å²) >= 11 is 0. The van der Waals surface area contributed by atoms with E-state index in [9.17, 15) is 12.8 Å². The molecule has 3 rings (SSSR count). The first-order chi connectivity index (χ1) is 13.4. The van der Waals surface area contributed by atoms with Crippen molar-refractivity contribution >= 4 is 21.8 Å². The van der Waals surface area contributed by atoms with Gasteiger partial charge in [-0.05, 0) is 12.6 Å². The number of piperazine rings is 1. The largest absolute Gasteiger partial charge is 0.366 e. The predicted molar refractivity (Wildman–Crippen MR) is 107 cm³/mol. The summed E-state index contributed by atoms with van der Waals surface area (Å²) in [6.07, 6.45) is 1.12. The van der Waals surface area contributed by atoms with E-state index in [1.807, 2.05) is 42.3 Å². The van der Waals surface area contributed by atoms with Gasteiger partial charge >= 0.3 is 0 Å². The number of hydrogen-bond donors (Lipinski definition) is 2. The molecule has 1 aliphatic rings. The van der Waals surface area contributed by atoms with E-state index in [0.29, 0.717) is 5.95 Å². The van der Waals surface area contributed by atoms with Crippen LogP contribution in [0.15, 0.2) is 36.5 Å². The van der Waals surface area contributed by atoms with Crippen LogP contribution in [0.1, 0.15) is 5.56 Å². The molecule has 0 spiro atoms. The molecule has 1 aromatic heterocycles. The molecule has 2 aromatic rings. The van der Waals surface area contributed by atoms with E-state index in [2.05, 4.69) is 24.9 Å². The number of nitrogens with zero attached hydrogens (tertiary/aromatic N) is 4. The van der Waals surface area contributed by atoms with Gasteiger partial charge in [-0.15, -0.1) is 0 Å². The zero-order valence-electron chi connectivity index (χ0n) is 15.8. The van der Waals surface area contributed by atoms with Crippen LogP contribution in [-0.2, 0) is 16.6 Å². The summed E-state index contributed by atoms with van der Waals surface area (Å²) in [5.74, 6) is -0.329. The monoisotopic (exact) mass is 408 g/mol. The van der Waals surface area contributed by atoms with Crippen LogP contribution in [0.2, 0.25) is 0 Å². The molecule has 2 N–H and O–H groups in total. The molecule has 0 bridgehead atoms. The molecular weight excluding hydrogens is 383 g/mol. The van der Waals surface area contributed by atoms with Crippen molar-refractivity contribution in [3.63, 3.8) is 0 Å². The van der Waals surface area contributed by atoms with Gasteiger partial charge in [-0.3, -0.25) is 0 Å². The van der Waals surface area contributed by atoms with Gasteiger partial charge in [0.2, 0.25) is 16.0 Å². The third kappa shape index (κ3) is 5.85. The standard InChI is InChI=1S/C18H25FN6O2S/c1-24-8-10-25(11-9-24)18-21-14-16(19)17(23-18)20-7-12-28(26,27)22-13-15-5-3-2-4-6-15/h2-6,14,22H,7-13H2,1H3,(H,20,21,23). The van der Waals surface area contributed by atoms with Gasteiger partial charge < -0.3 is 15.1 Å². The van der Waals surface area contributed by atoms with E-state index in [1.165, 1.54) is 0 Å². The molecule has 0 unspecified atom stereocenters. The Bertz CT molecular complexity index is 873. The number of aromatic nitrogens is 2. The first kappa shape index (κ1) is 20.4. The van der Waals surface area contributed by atoms with Gasteiger partial charge in [0.1, 0.15) is 0 Å². The molecule has 0 radical (unpaired) electrons. The van der Waals surface area contributed by atoms with Crippen molar-refractivity contribution in [1.29, 1.82) is 0 Å². The Kier molecular flexibility index (Phi) is 6.76. The van der Waals surface area contributed by atoms with E-state index in [4.69, 9.17) is 0 Å². The molecule has 1 aromatic carbocycles. The van der Waals surface area contributed by atoms with E-state index in [1.54, 1.807) is 0 Å².